The topological polar surface area (TPSA) is 50.5 Å². The van der Waals surface area contributed by atoms with E-state index >= 15 is 0 Å². The van der Waals surface area contributed by atoms with E-state index in [1.807, 2.05) is 12.4 Å². The maximum Gasteiger partial charge on any atom is 0.111 e. The summed E-state index contributed by atoms with van der Waals surface area (Å²) in [6.07, 6.45) is 5.05. The van der Waals surface area contributed by atoms with Crippen molar-refractivity contribution >= 4 is 0 Å². The summed E-state index contributed by atoms with van der Waals surface area (Å²) in [5.74, 6) is 0.973. The molecule has 5 nitrogen and oxygen atoms in total. The highest BCUT2D eigenvalue weighted by molar-refractivity contribution is 5.00. The molecule has 1 atom stereocenters. The molecule has 0 bridgehead atoms. The molecule has 2 heterocycles. The second-order valence-corrected chi connectivity index (χ2v) is 6.01. The van der Waals surface area contributed by atoms with Gasteiger partial charge < -0.3 is 14.4 Å². The Bertz CT molecular complexity index is 411. The first-order chi connectivity index (χ1) is 9.55. The summed E-state index contributed by atoms with van der Waals surface area (Å²) in [6.45, 7) is 10.6. The molecule has 1 N–H and O–H groups in total. The minimum atomic E-state index is -0.432. The van der Waals surface area contributed by atoms with Crippen LogP contribution in [0.3, 0.4) is 0 Å². The summed E-state index contributed by atoms with van der Waals surface area (Å²) in [5, 5.41) is 10.7. The number of aliphatic hydroxyl groups is 1. The third-order valence-corrected chi connectivity index (χ3v) is 4.28. The van der Waals surface area contributed by atoms with E-state index in [-0.39, 0.29) is 5.54 Å². The van der Waals surface area contributed by atoms with Crippen LogP contribution in [0, 0.1) is 0 Å². The smallest absolute Gasteiger partial charge is 0.111 e. The molecule has 5 heteroatoms. The van der Waals surface area contributed by atoms with Gasteiger partial charge in [-0.1, -0.05) is 6.92 Å². The first-order valence-corrected chi connectivity index (χ1v) is 7.56. The monoisotopic (exact) mass is 281 g/mol. The Labute approximate surface area is 121 Å². The molecule has 114 valence electrons. The summed E-state index contributed by atoms with van der Waals surface area (Å²) in [7, 11) is 0. The molecular formula is C15H27N3O2. The number of ether oxygens (including phenoxy) is 1. The van der Waals surface area contributed by atoms with Crippen molar-refractivity contribution < 1.29 is 9.84 Å². The van der Waals surface area contributed by atoms with Crippen LogP contribution in [0.1, 0.15) is 33.0 Å². The van der Waals surface area contributed by atoms with Crippen LogP contribution in [0.15, 0.2) is 12.4 Å². The summed E-state index contributed by atoms with van der Waals surface area (Å²) >= 11 is 0. The Morgan fingerprint density at radius 2 is 2.10 bits per heavy atom. The molecule has 1 saturated heterocycles. The number of nitrogens with zero attached hydrogens (tertiary/aromatic N) is 3. The van der Waals surface area contributed by atoms with Crippen molar-refractivity contribution in [1.82, 2.24) is 14.5 Å². The van der Waals surface area contributed by atoms with E-state index in [4.69, 9.17) is 4.74 Å². The van der Waals surface area contributed by atoms with Gasteiger partial charge in [0.2, 0.25) is 0 Å². The van der Waals surface area contributed by atoms with Crippen LogP contribution < -0.4 is 0 Å². The van der Waals surface area contributed by atoms with Gasteiger partial charge in [-0.2, -0.15) is 0 Å². The van der Waals surface area contributed by atoms with Crippen LogP contribution in [0.4, 0.5) is 0 Å². The van der Waals surface area contributed by atoms with Crippen molar-refractivity contribution in [3.8, 4) is 0 Å². The summed E-state index contributed by atoms with van der Waals surface area (Å²) in [6, 6.07) is 0. The van der Waals surface area contributed by atoms with Crippen molar-refractivity contribution in [2.75, 3.05) is 26.3 Å². The normalized spacial score (nSPS) is 19.2. The molecular weight excluding hydrogens is 254 g/mol. The summed E-state index contributed by atoms with van der Waals surface area (Å²) in [4.78, 5) is 6.71. The van der Waals surface area contributed by atoms with E-state index in [1.54, 1.807) is 0 Å². The Balaban J connectivity index is 2.02. The molecule has 0 spiro atoms. The fourth-order valence-electron chi connectivity index (χ4n) is 2.75. The average molecular weight is 281 g/mol. The number of hydrogen-bond acceptors (Lipinski definition) is 4. The number of rotatable bonds is 6. The van der Waals surface area contributed by atoms with Gasteiger partial charge in [0.1, 0.15) is 5.82 Å². The molecule has 1 aliphatic rings. The lowest BCUT2D eigenvalue weighted by Gasteiger charge is -2.43. The SMILES string of the molecule is CCCn1ccnc1CC(O)C(C)(C)N1CCOCC1. The number of aryl methyl sites for hydroxylation is 1. The lowest BCUT2D eigenvalue weighted by Crippen LogP contribution is -2.56. The van der Waals surface area contributed by atoms with Crippen molar-refractivity contribution in [1.29, 1.82) is 0 Å². The molecule has 0 amide bonds. The second kappa shape index (κ2) is 6.70. The third-order valence-electron chi connectivity index (χ3n) is 4.28. The number of morpholine rings is 1. The van der Waals surface area contributed by atoms with Gasteiger partial charge in [0.25, 0.3) is 0 Å². The highest BCUT2D eigenvalue weighted by atomic mass is 16.5. The zero-order valence-electron chi connectivity index (χ0n) is 12.9. The Morgan fingerprint density at radius 1 is 1.40 bits per heavy atom. The molecule has 0 aromatic carbocycles. The Kier molecular flexibility index (Phi) is 5.18. The van der Waals surface area contributed by atoms with E-state index in [0.717, 1.165) is 45.1 Å². The molecule has 0 radical (unpaired) electrons. The summed E-state index contributed by atoms with van der Waals surface area (Å²) < 4.78 is 7.53. The van der Waals surface area contributed by atoms with Gasteiger partial charge in [-0.3, -0.25) is 4.90 Å². The van der Waals surface area contributed by atoms with Crippen LogP contribution in [-0.4, -0.2) is 57.5 Å². The molecule has 1 fully saturated rings. The zero-order valence-corrected chi connectivity index (χ0v) is 12.9. The van der Waals surface area contributed by atoms with Gasteiger partial charge in [0, 0.05) is 44.0 Å². The van der Waals surface area contributed by atoms with Gasteiger partial charge in [-0.15, -0.1) is 0 Å². The second-order valence-electron chi connectivity index (χ2n) is 6.01. The van der Waals surface area contributed by atoms with Crippen LogP contribution >= 0.6 is 0 Å². The molecule has 1 aliphatic heterocycles. The third kappa shape index (κ3) is 3.40. The van der Waals surface area contributed by atoms with Crippen LogP contribution in [0.5, 0.6) is 0 Å². The van der Waals surface area contributed by atoms with Gasteiger partial charge >= 0.3 is 0 Å². The van der Waals surface area contributed by atoms with E-state index in [9.17, 15) is 5.11 Å². The van der Waals surface area contributed by atoms with Gasteiger partial charge in [-0.05, 0) is 20.3 Å². The Morgan fingerprint density at radius 3 is 2.75 bits per heavy atom. The molecule has 2 rings (SSSR count). The van der Waals surface area contributed by atoms with Crippen molar-refractivity contribution in [2.24, 2.45) is 0 Å². The Hall–Kier alpha value is -0.910. The maximum atomic E-state index is 10.7. The molecule has 0 saturated carbocycles. The zero-order chi connectivity index (χ0) is 14.6. The minimum Gasteiger partial charge on any atom is -0.391 e. The first kappa shape index (κ1) is 15.5. The van der Waals surface area contributed by atoms with Gasteiger partial charge in [0.05, 0.1) is 19.3 Å². The molecule has 1 aromatic rings. The standard InChI is InChI=1S/C15H27N3O2/c1-4-6-17-7-5-16-14(17)12-13(19)15(2,3)18-8-10-20-11-9-18/h5,7,13,19H,4,6,8-12H2,1-3H3. The van der Waals surface area contributed by atoms with E-state index in [0.29, 0.717) is 6.42 Å². The van der Waals surface area contributed by atoms with Gasteiger partial charge in [-0.25, -0.2) is 4.98 Å². The lowest BCUT2D eigenvalue weighted by atomic mass is 9.91. The number of aliphatic hydroxyl groups excluding tert-OH is 1. The molecule has 20 heavy (non-hydrogen) atoms. The molecule has 1 unspecified atom stereocenters. The van der Waals surface area contributed by atoms with Crippen molar-refractivity contribution in [2.45, 2.75) is 51.8 Å². The molecule has 0 aliphatic carbocycles. The predicted molar refractivity (Wildman–Crippen MR) is 78.7 cm³/mol. The van der Waals surface area contributed by atoms with Gasteiger partial charge in [0.15, 0.2) is 0 Å². The fourth-order valence-corrected chi connectivity index (χ4v) is 2.75. The predicted octanol–water partition coefficient (Wildman–Crippen LogP) is 1.31. The van der Waals surface area contributed by atoms with Crippen molar-refractivity contribution in [3.05, 3.63) is 18.2 Å². The van der Waals surface area contributed by atoms with Crippen LogP contribution in [-0.2, 0) is 17.7 Å². The van der Waals surface area contributed by atoms with E-state index in [1.165, 1.54) is 0 Å². The average Bonchev–Trinajstić information content (AvgIpc) is 2.87. The molecule has 1 aromatic heterocycles. The highest BCUT2D eigenvalue weighted by Gasteiger charge is 2.35. The lowest BCUT2D eigenvalue weighted by molar-refractivity contribution is -0.0618. The summed E-state index contributed by atoms with van der Waals surface area (Å²) in [5.41, 5.74) is -0.257. The van der Waals surface area contributed by atoms with E-state index < -0.39 is 6.10 Å². The minimum absolute atomic E-state index is 0.257. The number of imidazole rings is 1. The number of hydrogen-bond donors (Lipinski definition) is 1. The van der Waals surface area contributed by atoms with Crippen molar-refractivity contribution in [3.63, 3.8) is 0 Å². The van der Waals surface area contributed by atoms with E-state index in [2.05, 4.69) is 35.2 Å². The largest absolute Gasteiger partial charge is 0.391 e. The highest BCUT2D eigenvalue weighted by Crippen LogP contribution is 2.23. The maximum absolute atomic E-state index is 10.7. The quantitative estimate of drug-likeness (QED) is 0.854. The fraction of sp³-hybridized carbons (Fsp3) is 0.800. The van der Waals surface area contributed by atoms with Crippen LogP contribution in [0.25, 0.3) is 0 Å². The van der Waals surface area contributed by atoms with Crippen LogP contribution in [0.2, 0.25) is 0 Å². The number of aromatic nitrogens is 2. The first-order valence-electron chi connectivity index (χ1n) is 7.56.